The van der Waals surface area contributed by atoms with Crippen molar-refractivity contribution >= 4 is 11.7 Å². The standard InChI is InChI=1S/C14H14O3/c1-9(2)7-14(16)17-13-8-12(15)10-5-3-4-6-11(10)13/h3-8,12,15H,1-2H3. The van der Waals surface area contributed by atoms with Gasteiger partial charge in [-0.25, -0.2) is 4.79 Å². The van der Waals surface area contributed by atoms with Crippen molar-refractivity contribution in [1.82, 2.24) is 0 Å². The number of rotatable bonds is 2. The van der Waals surface area contributed by atoms with Gasteiger partial charge in [0.25, 0.3) is 0 Å². The Labute approximate surface area is 100 Å². The third-order valence-electron chi connectivity index (χ3n) is 2.47. The van der Waals surface area contributed by atoms with E-state index in [2.05, 4.69) is 0 Å². The summed E-state index contributed by atoms with van der Waals surface area (Å²) in [4.78, 5) is 11.5. The van der Waals surface area contributed by atoms with Crippen LogP contribution in [0.15, 0.2) is 42.0 Å². The third kappa shape index (κ3) is 2.45. The maximum absolute atomic E-state index is 11.5. The molecule has 3 nitrogen and oxygen atoms in total. The van der Waals surface area contributed by atoms with Gasteiger partial charge in [-0.05, 0) is 25.5 Å². The van der Waals surface area contributed by atoms with Crippen LogP contribution < -0.4 is 0 Å². The summed E-state index contributed by atoms with van der Waals surface area (Å²) in [5.74, 6) is 0.00996. The number of benzene rings is 1. The number of ether oxygens (including phenoxy) is 1. The number of aliphatic hydroxyl groups is 1. The first-order valence-electron chi connectivity index (χ1n) is 5.44. The summed E-state index contributed by atoms with van der Waals surface area (Å²) in [6.45, 7) is 3.65. The van der Waals surface area contributed by atoms with Crippen molar-refractivity contribution in [3.05, 3.63) is 53.1 Å². The third-order valence-corrected chi connectivity index (χ3v) is 2.47. The summed E-state index contributed by atoms with van der Waals surface area (Å²) >= 11 is 0. The molecule has 1 N–H and O–H groups in total. The van der Waals surface area contributed by atoms with Gasteiger partial charge in [-0.2, -0.15) is 0 Å². The summed E-state index contributed by atoms with van der Waals surface area (Å²) < 4.78 is 5.20. The SMILES string of the molecule is CC(C)=CC(=O)OC1=CC(O)c2ccccc21. The Hall–Kier alpha value is -1.87. The normalized spacial score (nSPS) is 17.1. The van der Waals surface area contributed by atoms with Crippen LogP contribution in [0.25, 0.3) is 5.76 Å². The lowest BCUT2D eigenvalue weighted by Gasteiger charge is -2.05. The number of hydrogen-bond donors (Lipinski definition) is 1. The van der Waals surface area contributed by atoms with Gasteiger partial charge in [-0.3, -0.25) is 0 Å². The molecule has 88 valence electrons. The van der Waals surface area contributed by atoms with Crippen molar-refractivity contribution in [2.24, 2.45) is 0 Å². The lowest BCUT2D eigenvalue weighted by molar-refractivity contribution is -0.131. The molecule has 17 heavy (non-hydrogen) atoms. The minimum Gasteiger partial charge on any atom is -0.423 e. The Kier molecular flexibility index (Phi) is 3.11. The molecule has 0 spiro atoms. The van der Waals surface area contributed by atoms with Crippen LogP contribution >= 0.6 is 0 Å². The molecule has 1 aromatic carbocycles. The van der Waals surface area contributed by atoms with E-state index in [1.165, 1.54) is 6.08 Å². The zero-order valence-electron chi connectivity index (χ0n) is 9.81. The first-order valence-corrected chi connectivity index (χ1v) is 5.44. The molecule has 0 aliphatic heterocycles. The molecule has 0 radical (unpaired) electrons. The second-order valence-corrected chi connectivity index (χ2v) is 4.21. The fraction of sp³-hybridized carbons (Fsp3) is 0.214. The molecule has 0 aromatic heterocycles. The van der Waals surface area contributed by atoms with Gasteiger partial charge < -0.3 is 9.84 Å². The minimum absolute atomic E-state index is 0.417. The summed E-state index contributed by atoms with van der Waals surface area (Å²) in [6, 6.07) is 7.33. The number of aliphatic hydroxyl groups excluding tert-OH is 1. The first kappa shape index (κ1) is 11.6. The molecule has 1 aliphatic carbocycles. The van der Waals surface area contributed by atoms with Crippen LogP contribution in [0.4, 0.5) is 0 Å². The molecule has 2 rings (SSSR count). The maximum Gasteiger partial charge on any atom is 0.336 e. The van der Waals surface area contributed by atoms with Gasteiger partial charge in [0.2, 0.25) is 0 Å². The molecule has 0 bridgehead atoms. The van der Waals surface area contributed by atoms with Crippen LogP contribution in [-0.2, 0) is 9.53 Å². The predicted molar refractivity (Wildman–Crippen MR) is 64.9 cm³/mol. The number of fused-ring (bicyclic) bond motifs is 1. The van der Waals surface area contributed by atoms with E-state index in [0.29, 0.717) is 5.76 Å². The highest BCUT2D eigenvalue weighted by atomic mass is 16.5. The largest absolute Gasteiger partial charge is 0.423 e. The Morgan fingerprint density at radius 1 is 1.35 bits per heavy atom. The zero-order chi connectivity index (χ0) is 12.4. The van der Waals surface area contributed by atoms with Crippen LogP contribution in [-0.4, -0.2) is 11.1 Å². The van der Waals surface area contributed by atoms with Gasteiger partial charge in [-0.1, -0.05) is 29.8 Å². The minimum atomic E-state index is -0.694. The molecule has 3 heteroatoms. The lowest BCUT2D eigenvalue weighted by atomic mass is 10.1. The molecule has 1 unspecified atom stereocenters. The summed E-state index contributed by atoms with van der Waals surface area (Å²) in [7, 11) is 0. The predicted octanol–water partition coefficient (Wildman–Crippen LogP) is 2.58. The van der Waals surface area contributed by atoms with Crippen molar-refractivity contribution in [3.8, 4) is 0 Å². The van der Waals surface area contributed by atoms with Crippen LogP contribution in [0, 0.1) is 0 Å². The Morgan fingerprint density at radius 3 is 2.76 bits per heavy atom. The molecule has 0 fully saturated rings. The summed E-state index contributed by atoms with van der Waals surface area (Å²) in [5, 5.41) is 9.76. The Bertz CT molecular complexity index is 508. The fourth-order valence-corrected chi connectivity index (χ4v) is 1.76. The van der Waals surface area contributed by atoms with E-state index in [0.717, 1.165) is 16.7 Å². The molecule has 1 aliphatic rings. The average molecular weight is 230 g/mol. The number of hydrogen-bond acceptors (Lipinski definition) is 3. The van der Waals surface area contributed by atoms with Crippen LogP contribution in [0.5, 0.6) is 0 Å². The van der Waals surface area contributed by atoms with E-state index in [1.807, 2.05) is 38.1 Å². The highest BCUT2D eigenvalue weighted by Crippen LogP contribution is 2.34. The first-order chi connectivity index (χ1) is 8.08. The second-order valence-electron chi connectivity index (χ2n) is 4.21. The van der Waals surface area contributed by atoms with E-state index in [9.17, 15) is 9.90 Å². The van der Waals surface area contributed by atoms with Crippen molar-refractivity contribution < 1.29 is 14.6 Å². The number of carbonyl (C=O) groups is 1. The highest BCUT2D eigenvalue weighted by Gasteiger charge is 2.23. The average Bonchev–Trinajstić information content (AvgIpc) is 2.55. The van der Waals surface area contributed by atoms with Gasteiger partial charge in [0.15, 0.2) is 0 Å². The van der Waals surface area contributed by atoms with E-state index < -0.39 is 12.1 Å². The number of carbonyl (C=O) groups excluding carboxylic acids is 1. The lowest BCUT2D eigenvalue weighted by Crippen LogP contribution is -1.99. The van der Waals surface area contributed by atoms with E-state index in [-0.39, 0.29) is 0 Å². The smallest absolute Gasteiger partial charge is 0.336 e. The van der Waals surface area contributed by atoms with Gasteiger partial charge in [0.1, 0.15) is 11.9 Å². The highest BCUT2D eigenvalue weighted by molar-refractivity contribution is 5.88. The summed E-state index contributed by atoms with van der Waals surface area (Å²) in [6.07, 6.45) is 2.27. The molecule has 0 amide bonds. The number of allylic oxidation sites excluding steroid dienone is 1. The molecular formula is C14H14O3. The van der Waals surface area contributed by atoms with Crippen molar-refractivity contribution in [3.63, 3.8) is 0 Å². The van der Waals surface area contributed by atoms with Gasteiger partial charge >= 0.3 is 5.97 Å². The van der Waals surface area contributed by atoms with Crippen LogP contribution in [0.2, 0.25) is 0 Å². The van der Waals surface area contributed by atoms with Gasteiger partial charge in [-0.15, -0.1) is 0 Å². The van der Waals surface area contributed by atoms with Crippen LogP contribution in [0.3, 0.4) is 0 Å². The zero-order valence-corrected chi connectivity index (χ0v) is 9.81. The van der Waals surface area contributed by atoms with Crippen molar-refractivity contribution in [1.29, 1.82) is 0 Å². The topological polar surface area (TPSA) is 46.5 Å². The second kappa shape index (κ2) is 4.55. The van der Waals surface area contributed by atoms with Crippen molar-refractivity contribution in [2.45, 2.75) is 20.0 Å². The fourth-order valence-electron chi connectivity index (χ4n) is 1.76. The van der Waals surface area contributed by atoms with E-state index in [1.54, 1.807) is 6.08 Å². The van der Waals surface area contributed by atoms with Gasteiger partial charge in [0.05, 0.1) is 0 Å². The quantitative estimate of drug-likeness (QED) is 0.627. The molecule has 1 atom stereocenters. The van der Waals surface area contributed by atoms with E-state index >= 15 is 0 Å². The molecule has 0 heterocycles. The Balaban J connectivity index is 2.22. The van der Waals surface area contributed by atoms with E-state index in [4.69, 9.17) is 4.74 Å². The maximum atomic E-state index is 11.5. The van der Waals surface area contributed by atoms with Crippen molar-refractivity contribution in [2.75, 3.05) is 0 Å². The Morgan fingerprint density at radius 2 is 2.06 bits per heavy atom. The molecule has 1 aromatic rings. The molecule has 0 saturated carbocycles. The molecular weight excluding hydrogens is 216 g/mol. The van der Waals surface area contributed by atoms with Gasteiger partial charge in [0, 0.05) is 11.6 Å². The van der Waals surface area contributed by atoms with Crippen LogP contribution in [0.1, 0.15) is 31.1 Å². The summed E-state index contributed by atoms with van der Waals surface area (Å²) in [5.41, 5.74) is 2.42. The monoisotopic (exact) mass is 230 g/mol. The number of esters is 1. The molecule has 0 saturated heterocycles.